The van der Waals surface area contributed by atoms with Gasteiger partial charge in [-0.15, -0.1) is 13.2 Å². The second-order valence-electron chi connectivity index (χ2n) is 8.77. The topological polar surface area (TPSA) is 105 Å². The first-order valence-electron chi connectivity index (χ1n) is 10.6. The number of alkyl halides is 3. The fraction of sp³-hybridized carbons (Fsp3) is 0.800. The smallest absolute Gasteiger partial charge is 0.356 e. The van der Waals surface area contributed by atoms with Crippen molar-refractivity contribution in [3.63, 3.8) is 0 Å². The Morgan fingerprint density at radius 1 is 1.32 bits per heavy atom. The third-order valence-corrected chi connectivity index (χ3v) is 6.32. The number of likely N-dealkylation sites (tertiary alicyclic amines) is 1. The summed E-state index contributed by atoms with van der Waals surface area (Å²) in [5.41, 5.74) is -0.0738. The zero-order chi connectivity index (χ0) is 22.8. The van der Waals surface area contributed by atoms with Crippen molar-refractivity contribution >= 4 is 23.5 Å². The van der Waals surface area contributed by atoms with Crippen LogP contribution in [0.4, 0.5) is 13.2 Å². The number of ether oxygens (including phenoxy) is 1. The fourth-order valence-electron chi connectivity index (χ4n) is 4.40. The molecule has 0 aromatic carbocycles. The second-order valence-corrected chi connectivity index (χ2v) is 8.77. The quantitative estimate of drug-likeness (QED) is 0.554. The second kappa shape index (κ2) is 9.13. The molecule has 1 saturated carbocycles. The lowest BCUT2D eigenvalue weighted by molar-refractivity contribution is -0.321. The predicted molar refractivity (Wildman–Crippen MR) is 101 cm³/mol. The molecule has 0 aromatic rings. The SMILES string of the molecule is CCCC(=O)N1CC2(CC2)C[C@H]1C(=O)N[C@@H](C[C@@H]1CCNC1=O)C(=O)COC(F)(F)F. The highest BCUT2D eigenvalue weighted by molar-refractivity contribution is 5.94. The van der Waals surface area contributed by atoms with Crippen LogP contribution >= 0.6 is 0 Å². The van der Waals surface area contributed by atoms with E-state index in [-0.39, 0.29) is 23.7 Å². The third-order valence-electron chi connectivity index (χ3n) is 6.32. The van der Waals surface area contributed by atoms with Gasteiger partial charge in [0.05, 0.1) is 6.04 Å². The van der Waals surface area contributed by atoms with Crippen molar-refractivity contribution in [2.24, 2.45) is 11.3 Å². The highest BCUT2D eigenvalue weighted by atomic mass is 19.4. The monoisotopic (exact) mass is 447 g/mol. The lowest BCUT2D eigenvalue weighted by atomic mass is 9.95. The van der Waals surface area contributed by atoms with Gasteiger partial charge < -0.3 is 15.5 Å². The van der Waals surface area contributed by atoms with Gasteiger partial charge in [0.2, 0.25) is 17.7 Å². The predicted octanol–water partition coefficient (Wildman–Crippen LogP) is 1.28. The van der Waals surface area contributed by atoms with E-state index >= 15 is 0 Å². The van der Waals surface area contributed by atoms with Crippen LogP contribution in [-0.4, -0.2) is 66.5 Å². The molecule has 8 nitrogen and oxygen atoms in total. The molecule has 3 atom stereocenters. The summed E-state index contributed by atoms with van der Waals surface area (Å²) in [6, 6.07) is -2.07. The molecule has 3 rings (SSSR count). The van der Waals surface area contributed by atoms with Crippen LogP contribution in [0.1, 0.15) is 51.9 Å². The van der Waals surface area contributed by atoms with Crippen molar-refractivity contribution in [3.8, 4) is 0 Å². The standard InChI is InChI=1S/C20H28F3N3O5/c1-2-3-16(28)26-11-19(5-6-19)9-14(26)18(30)25-13(8-12-4-7-24-17(12)29)15(27)10-31-20(21,22)23/h12-14H,2-11H2,1H3,(H,24,29)(H,25,30)/t12-,13-,14-/m0/s1. The summed E-state index contributed by atoms with van der Waals surface area (Å²) < 4.78 is 40.8. The first kappa shape index (κ1) is 23.5. The molecule has 0 unspecified atom stereocenters. The lowest BCUT2D eigenvalue weighted by Crippen LogP contribution is -2.52. The summed E-state index contributed by atoms with van der Waals surface area (Å²) in [6.45, 7) is 1.49. The summed E-state index contributed by atoms with van der Waals surface area (Å²) in [5, 5.41) is 5.13. The zero-order valence-electron chi connectivity index (χ0n) is 17.4. The number of carbonyl (C=O) groups excluding carboxylic acids is 4. The van der Waals surface area contributed by atoms with Crippen LogP contribution < -0.4 is 10.6 Å². The molecule has 0 bridgehead atoms. The molecule has 0 aromatic heterocycles. The van der Waals surface area contributed by atoms with Crippen LogP contribution in [0.15, 0.2) is 0 Å². The minimum atomic E-state index is -4.98. The summed E-state index contributed by atoms with van der Waals surface area (Å²) in [5.74, 6) is -2.57. The number of amides is 3. The average molecular weight is 447 g/mol. The van der Waals surface area contributed by atoms with Gasteiger partial charge in [-0.2, -0.15) is 0 Å². The molecule has 31 heavy (non-hydrogen) atoms. The molecule has 174 valence electrons. The maximum atomic E-state index is 13.0. The number of nitrogens with zero attached hydrogens (tertiary/aromatic N) is 1. The molecule has 2 heterocycles. The Morgan fingerprint density at radius 3 is 2.58 bits per heavy atom. The Kier molecular flexibility index (Phi) is 6.92. The van der Waals surface area contributed by atoms with Crippen LogP contribution in [0.5, 0.6) is 0 Å². The Balaban J connectivity index is 1.70. The molecule has 1 aliphatic carbocycles. The van der Waals surface area contributed by atoms with Gasteiger partial charge in [0.1, 0.15) is 12.6 Å². The molecule has 0 radical (unpaired) electrons. The van der Waals surface area contributed by atoms with Crippen LogP contribution in [0.2, 0.25) is 0 Å². The van der Waals surface area contributed by atoms with Gasteiger partial charge in [-0.3, -0.25) is 23.9 Å². The van der Waals surface area contributed by atoms with E-state index in [1.54, 1.807) is 0 Å². The number of nitrogens with one attached hydrogen (secondary N) is 2. The Hall–Kier alpha value is -2.17. The van der Waals surface area contributed by atoms with Gasteiger partial charge in [0.25, 0.3) is 0 Å². The van der Waals surface area contributed by atoms with E-state index in [2.05, 4.69) is 15.4 Å². The van der Waals surface area contributed by atoms with E-state index in [1.165, 1.54) is 4.90 Å². The Morgan fingerprint density at radius 2 is 2.03 bits per heavy atom. The molecule has 3 aliphatic rings. The van der Waals surface area contributed by atoms with E-state index < -0.39 is 42.7 Å². The lowest BCUT2D eigenvalue weighted by Gasteiger charge is -2.27. The molecule has 3 fully saturated rings. The first-order chi connectivity index (χ1) is 14.5. The van der Waals surface area contributed by atoms with Crippen molar-refractivity contribution < 1.29 is 37.1 Å². The van der Waals surface area contributed by atoms with E-state index in [0.29, 0.717) is 38.8 Å². The van der Waals surface area contributed by atoms with E-state index in [0.717, 1.165) is 12.8 Å². The zero-order valence-corrected chi connectivity index (χ0v) is 17.4. The Bertz CT molecular complexity index is 738. The molecule has 11 heteroatoms. The third kappa shape index (κ3) is 5.96. The maximum Gasteiger partial charge on any atom is 0.522 e. The minimum absolute atomic E-state index is 0.0738. The summed E-state index contributed by atoms with van der Waals surface area (Å²) >= 11 is 0. The summed E-state index contributed by atoms with van der Waals surface area (Å²) in [7, 11) is 0. The molecule has 2 N–H and O–H groups in total. The molecular formula is C20H28F3N3O5. The largest absolute Gasteiger partial charge is 0.522 e. The molecule has 1 spiro atoms. The number of halogens is 3. The Labute approximate surface area is 178 Å². The number of carbonyl (C=O) groups is 4. The van der Waals surface area contributed by atoms with Gasteiger partial charge in [-0.25, -0.2) is 0 Å². The normalized spacial score (nSPS) is 25.4. The molecule has 2 saturated heterocycles. The molecule has 2 aliphatic heterocycles. The number of ketones is 1. The van der Waals surface area contributed by atoms with Crippen molar-refractivity contribution in [2.45, 2.75) is 70.3 Å². The van der Waals surface area contributed by atoms with Crippen molar-refractivity contribution in [2.75, 3.05) is 19.7 Å². The minimum Gasteiger partial charge on any atom is -0.356 e. The first-order valence-corrected chi connectivity index (χ1v) is 10.6. The van der Waals surface area contributed by atoms with E-state index in [4.69, 9.17) is 0 Å². The molecule has 3 amide bonds. The highest BCUT2D eigenvalue weighted by Gasteiger charge is 2.55. The summed E-state index contributed by atoms with van der Waals surface area (Å²) in [6.07, 6.45) is -1.45. The van der Waals surface area contributed by atoms with Gasteiger partial charge in [0, 0.05) is 25.4 Å². The van der Waals surface area contributed by atoms with Crippen LogP contribution in [0.3, 0.4) is 0 Å². The summed E-state index contributed by atoms with van der Waals surface area (Å²) in [4.78, 5) is 51.4. The van der Waals surface area contributed by atoms with Crippen molar-refractivity contribution in [3.05, 3.63) is 0 Å². The van der Waals surface area contributed by atoms with Gasteiger partial charge >= 0.3 is 6.36 Å². The van der Waals surface area contributed by atoms with Crippen LogP contribution in [0.25, 0.3) is 0 Å². The van der Waals surface area contributed by atoms with Gasteiger partial charge in [0.15, 0.2) is 5.78 Å². The van der Waals surface area contributed by atoms with E-state index in [9.17, 15) is 32.3 Å². The van der Waals surface area contributed by atoms with Gasteiger partial charge in [-0.1, -0.05) is 6.92 Å². The highest BCUT2D eigenvalue weighted by Crippen LogP contribution is 2.55. The van der Waals surface area contributed by atoms with Crippen molar-refractivity contribution in [1.82, 2.24) is 15.5 Å². The van der Waals surface area contributed by atoms with Gasteiger partial charge in [-0.05, 0) is 43.9 Å². The number of Topliss-reactive ketones (excluding diaryl/α,β-unsaturated/α-hetero) is 1. The maximum absolute atomic E-state index is 13.0. The number of hydrogen-bond donors (Lipinski definition) is 2. The fourth-order valence-corrected chi connectivity index (χ4v) is 4.40. The number of rotatable bonds is 9. The number of hydrogen-bond acceptors (Lipinski definition) is 5. The van der Waals surface area contributed by atoms with Crippen LogP contribution in [0, 0.1) is 11.3 Å². The molecular weight excluding hydrogens is 419 g/mol. The van der Waals surface area contributed by atoms with E-state index in [1.807, 2.05) is 6.92 Å². The van der Waals surface area contributed by atoms with Crippen molar-refractivity contribution in [1.29, 1.82) is 0 Å². The average Bonchev–Trinajstić information content (AvgIpc) is 3.14. The van der Waals surface area contributed by atoms with Crippen LogP contribution in [-0.2, 0) is 23.9 Å².